The van der Waals surface area contributed by atoms with Crippen LogP contribution in [-0.2, 0) is 11.2 Å². The lowest BCUT2D eigenvalue weighted by Crippen LogP contribution is -2.01. The maximum absolute atomic E-state index is 10.9. The second kappa shape index (κ2) is 4.63. The highest BCUT2D eigenvalue weighted by molar-refractivity contribution is 9.10. The van der Waals surface area contributed by atoms with Crippen molar-refractivity contribution in [2.24, 2.45) is 0 Å². The number of carboxylic acids is 1. The smallest absolute Gasteiger partial charge is 0.309 e. The van der Waals surface area contributed by atoms with Crippen molar-refractivity contribution in [2.45, 2.75) is 26.2 Å². The Kier molecular flexibility index (Phi) is 3.05. The van der Waals surface area contributed by atoms with Gasteiger partial charge in [0.1, 0.15) is 4.60 Å². The average Bonchev–Trinajstić information content (AvgIpc) is 2.86. The zero-order valence-electron chi connectivity index (χ0n) is 11.1. The standard InChI is InChI=1S/C14H14BrN3O2/c1-7(2)8-3-4-9-11(5-8)18-13(15)10(6-12(19)20)17-14(18)16-9/h3-5,7H,6H2,1-2H3,(H,16,17)(H,19,20). The molecule has 0 aliphatic carbocycles. The maximum atomic E-state index is 10.9. The number of benzene rings is 1. The van der Waals surface area contributed by atoms with Crippen LogP contribution in [0.25, 0.3) is 16.8 Å². The number of aliphatic carboxylic acids is 1. The molecular formula is C14H14BrN3O2. The van der Waals surface area contributed by atoms with Gasteiger partial charge >= 0.3 is 5.97 Å². The molecule has 1 aromatic carbocycles. The molecule has 104 valence electrons. The number of rotatable bonds is 3. The number of halogens is 1. The van der Waals surface area contributed by atoms with E-state index in [2.05, 4.69) is 51.9 Å². The van der Waals surface area contributed by atoms with Gasteiger partial charge in [0.25, 0.3) is 0 Å². The predicted molar refractivity (Wildman–Crippen MR) is 80.2 cm³/mol. The van der Waals surface area contributed by atoms with E-state index in [-0.39, 0.29) is 6.42 Å². The number of carbonyl (C=O) groups is 1. The van der Waals surface area contributed by atoms with Gasteiger partial charge < -0.3 is 10.1 Å². The second-order valence-corrected chi connectivity index (χ2v) is 5.89. The van der Waals surface area contributed by atoms with Crippen LogP contribution in [0.3, 0.4) is 0 Å². The van der Waals surface area contributed by atoms with Crippen molar-refractivity contribution in [3.63, 3.8) is 0 Å². The first kappa shape index (κ1) is 13.2. The van der Waals surface area contributed by atoms with Crippen molar-refractivity contribution in [1.29, 1.82) is 0 Å². The minimum atomic E-state index is -0.873. The molecule has 2 aromatic heterocycles. The summed E-state index contributed by atoms with van der Waals surface area (Å²) in [5.41, 5.74) is 3.72. The SMILES string of the molecule is CC(C)c1ccc2nc3[nH]c(CC(=O)O)c(Br)n3c2c1. The first-order valence-electron chi connectivity index (χ1n) is 6.37. The van der Waals surface area contributed by atoms with Gasteiger partial charge in [-0.25, -0.2) is 4.98 Å². The Balaban J connectivity index is 2.26. The summed E-state index contributed by atoms with van der Waals surface area (Å²) in [5.74, 6) is 0.215. The number of hydrogen-bond acceptors (Lipinski definition) is 2. The van der Waals surface area contributed by atoms with E-state index in [1.807, 2.05) is 10.5 Å². The number of aromatic nitrogens is 3. The van der Waals surface area contributed by atoms with Crippen LogP contribution in [0.1, 0.15) is 31.0 Å². The summed E-state index contributed by atoms with van der Waals surface area (Å²) >= 11 is 3.47. The van der Waals surface area contributed by atoms with E-state index in [1.54, 1.807) is 0 Å². The highest BCUT2D eigenvalue weighted by atomic mass is 79.9. The molecular weight excluding hydrogens is 322 g/mol. The van der Waals surface area contributed by atoms with Crippen molar-refractivity contribution >= 4 is 38.7 Å². The van der Waals surface area contributed by atoms with Gasteiger partial charge in [-0.2, -0.15) is 0 Å². The normalized spacial score (nSPS) is 11.8. The monoisotopic (exact) mass is 335 g/mol. The molecule has 0 aliphatic heterocycles. The number of carboxylic acid groups (broad SMARTS) is 1. The van der Waals surface area contributed by atoms with Gasteiger partial charge in [0.05, 0.1) is 23.1 Å². The van der Waals surface area contributed by atoms with E-state index in [1.165, 1.54) is 5.56 Å². The third kappa shape index (κ3) is 2.00. The van der Waals surface area contributed by atoms with Gasteiger partial charge in [-0.3, -0.25) is 9.20 Å². The fraction of sp³-hybridized carbons (Fsp3) is 0.286. The van der Waals surface area contributed by atoms with Gasteiger partial charge in [0, 0.05) is 0 Å². The zero-order valence-corrected chi connectivity index (χ0v) is 12.7. The van der Waals surface area contributed by atoms with Crippen molar-refractivity contribution in [3.8, 4) is 0 Å². The van der Waals surface area contributed by atoms with Crippen LogP contribution in [0.5, 0.6) is 0 Å². The van der Waals surface area contributed by atoms with Crippen molar-refractivity contribution in [2.75, 3.05) is 0 Å². The first-order chi connectivity index (χ1) is 9.47. The number of imidazole rings is 2. The third-order valence-corrected chi connectivity index (χ3v) is 4.21. The Morgan fingerprint density at radius 2 is 2.25 bits per heavy atom. The summed E-state index contributed by atoms with van der Waals surface area (Å²) in [6.07, 6.45) is -0.0602. The van der Waals surface area contributed by atoms with Gasteiger partial charge in [-0.05, 0) is 39.5 Å². The number of fused-ring (bicyclic) bond motifs is 3. The highest BCUT2D eigenvalue weighted by Gasteiger charge is 2.16. The Labute approximate surface area is 123 Å². The van der Waals surface area contributed by atoms with E-state index < -0.39 is 5.97 Å². The lowest BCUT2D eigenvalue weighted by atomic mass is 10.0. The zero-order chi connectivity index (χ0) is 14.4. The molecule has 20 heavy (non-hydrogen) atoms. The average molecular weight is 336 g/mol. The number of nitrogens with zero attached hydrogens (tertiary/aromatic N) is 2. The largest absolute Gasteiger partial charge is 0.481 e. The van der Waals surface area contributed by atoms with Crippen LogP contribution in [0.4, 0.5) is 0 Å². The number of H-pyrrole nitrogens is 1. The minimum Gasteiger partial charge on any atom is -0.481 e. The van der Waals surface area contributed by atoms with Crippen LogP contribution < -0.4 is 0 Å². The molecule has 2 heterocycles. The van der Waals surface area contributed by atoms with E-state index >= 15 is 0 Å². The molecule has 5 nitrogen and oxygen atoms in total. The summed E-state index contributed by atoms with van der Waals surface area (Å²) in [4.78, 5) is 18.4. The molecule has 0 saturated heterocycles. The fourth-order valence-corrected chi connectivity index (χ4v) is 2.92. The van der Waals surface area contributed by atoms with Crippen LogP contribution in [0.2, 0.25) is 0 Å². The second-order valence-electron chi connectivity index (χ2n) is 5.14. The van der Waals surface area contributed by atoms with Crippen molar-refractivity contribution < 1.29 is 9.90 Å². The summed E-state index contributed by atoms with van der Waals surface area (Å²) in [7, 11) is 0. The molecule has 0 atom stereocenters. The molecule has 0 fully saturated rings. The topological polar surface area (TPSA) is 70.4 Å². The quantitative estimate of drug-likeness (QED) is 0.771. The number of nitrogens with one attached hydrogen (secondary N) is 1. The van der Waals surface area contributed by atoms with Gasteiger partial charge in [0.15, 0.2) is 0 Å². The van der Waals surface area contributed by atoms with Gasteiger partial charge in [-0.15, -0.1) is 0 Å². The molecule has 0 saturated carbocycles. The summed E-state index contributed by atoms with van der Waals surface area (Å²) in [5, 5.41) is 8.91. The molecule has 0 unspecified atom stereocenters. The third-order valence-electron chi connectivity index (χ3n) is 3.38. The molecule has 3 rings (SSSR count). The molecule has 0 amide bonds. The Morgan fingerprint density at radius 1 is 1.50 bits per heavy atom. The Bertz CT molecular complexity index is 817. The minimum absolute atomic E-state index is 0.0602. The van der Waals surface area contributed by atoms with Crippen LogP contribution >= 0.6 is 15.9 Å². The molecule has 0 radical (unpaired) electrons. The molecule has 3 aromatic rings. The summed E-state index contributed by atoms with van der Waals surface area (Å²) < 4.78 is 2.64. The van der Waals surface area contributed by atoms with Crippen LogP contribution in [0, 0.1) is 0 Å². The molecule has 0 spiro atoms. The lowest BCUT2D eigenvalue weighted by Gasteiger charge is -2.04. The highest BCUT2D eigenvalue weighted by Crippen LogP contribution is 2.27. The molecule has 0 bridgehead atoms. The number of hydrogen-bond donors (Lipinski definition) is 2. The Morgan fingerprint density at radius 3 is 2.90 bits per heavy atom. The predicted octanol–water partition coefficient (Wildman–Crippen LogP) is 3.33. The number of aromatic amines is 1. The van der Waals surface area contributed by atoms with Crippen molar-refractivity contribution in [1.82, 2.24) is 14.4 Å². The lowest BCUT2D eigenvalue weighted by molar-refractivity contribution is -0.136. The van der Waals surface area contributed by atoms with E-state index in [0.29, 0.717) is 17.4 Å². The Hall–Kier alpha value is -1.82. The van der Waals surface area contributed by atoms with E-state index in [4.69, 9.17) is 5.11 Å². The van der Waals surface area contributed by atoms with Crippen LogP contribution in [-0.4, -0.2) is 25.4 Å². The molecule has 2 N–H and O–H groups in total. The maximum Gasteiger partial charge on any atom is 0.309 e. The van der Waals surface area contributed by atoms with Gasteiger partial charge in [-0.1, -0.05) is 19.9 Å². The van der Waals surface area contributed by atoms with Crippen LogP contribution in [0.15, 0.2) is 22.8 Å². The van der Waals surface area contributed by atoms with Gasteiger partial charge in [0.2, 0.25) is 5.78 Å². The summed E-state index contributed by atoms with van der Waals surface area (Å²) in [6.45, 7) is 4.28. The summed E-state index contributed by atoms with van der Waals surface area (Å²) in [6, 6.07) is 6.17. The fourth-order valence-electron chi connectivity index (χ4n) is 2.32. The van der Waals surface area contributed by atoms with Crippen molar-refractivity contribution in [3.05, 3.63) is 34.1 Å². The molecule has 0 aliphatic rings. The first-order valence-corrected chi connectivity index (χ1v) is 7.17. The van der Waals surface area contributed by atoms with E-state index in [0.717, 1.165) is 15.6 Å². The molecule has 6 heteroatoms. The van der Waals surface area contributed by atoms with E-state index in [9.17, 15) is 4.79 Å².